The zero-order valence-electron chi connectivity index (χ0n) is 8.78. The predicted octanol–water partition coefficient (Wildman–Crippen LogP) is 2.54. The van der Waals surface area contributed by atoms with Gasteiger partial charge in [-0.3, -0.25) is 4.79 Å². The highest BCUT2D eigenvalue weighted by Gasteiger charge is 2.24. The van der Waals surface area contributed by atoms with Crippen LogP contribution in [0.25, 0.3) is 0 Å². The first-order valence-corrected chi connectivity index (χ1v) is 7.07. The quantitative estimate of drug-likeness (QED) is 0.882. The van der Waals surface area contributed by atoms with Gasteiger partial charge in [0.05, 0.1) is 21.5 Å². The standard InChI is InChI=1S/C11H14BrNO2S/c12-10-5-7(6-16-10)11(15)13-8-3-1-2-4-9(8)14/h5-6,8-9,14H,1-4H2,(H,13,15)/t8-,9-/m1/s1. The number of hydrogen-bond donors (Lipinski definition) is 2. The molecule has 0 aromatic carbocycles. The van der Waals surface area contributed by atoms with Gasteiger partial charge in [-0.05, 0) is 34.8 Å². The van der Waals surface area contributed by atoms with Crippen molar-refractivity contribution in [2.45, 2.75) is 37.8 Å². The number of aliphatic hydroxyl groups excluding tert-OH is 1. The Balaban J connectivity index is 1.96. The molecule has 2 N–H and O–H groups in total. The van der Waals surface area contributed by atoms with Gasteiger partial charge in [-0.1, -0.05) is 12.8 Å². The Bertz CT molecular complexity index is 380. The van der Waals surface area contributed by atoms with E-state index < -0.39 is 0 Å². The van der Waals surface area contributed by atoms with Crippen LogP contribution in [0.4, 0.5) is 0 Å². The van der Waals surface area contributed by atoms with Gasteiger partial charge in [0.15, 0.2) is 0 Å². The van der Waals surface area contributed by atoms with Crippen molar-refractivity contribution in [1.82, 2.24) is 5.32 Å². The first-order chi connectivity index (χ1) is 7.66. The fraction of sp³-hybridized carbons (Fsp3) is 0.545. The van der Waals surface area contributed by atoms with Crippen molar-refractivity contribution >= 4 is 33.2 Å². The summed E-state index contributed by atoms with van der Waals surface area (Å²) < 4.78 is 0.946. The lowest BCUT2D eigenvalue weighted by Gasteiger charge is -2.28. The summed E-state index contributed by atoms with van der Waals surface area (Å²) in [6.45, 7) is 0. The summed E-state index contributed by atoms with van der Waals surface area (Å²) in [5, 5.41) is 14.5. The highest BCUT2D eigenvalue weighted by molar-refractivity contribution is 9.11. The number of carbonyl (C=O) groups excluding carboxylic acids is 1. The van der Waals surface area contributed by atoms with E-state index in [9.17, 15) is 9.90 Å². The van der Waals surface area contributed by atoms with Crippen LogP contribution in [0.1, 0.15) is 36.0 Å². The van der Waals surface area contributed by atoms with E-state index in [2.05, 4.69) is 21.2 Å². The van der Waals surface area contributed by atoms with Crippen LogP contribution in [0.5, 0.6) is 0 Å². The minimum absolute atomic E-state index is 0.0834. The Morgan fingerprint density at radius 3 is 2.88 bits per heavy atom. The smallest absolute Gasteiger partial charge is 0.252 e. The lowest BCUT2D eigenvalue weighted by atomic mass is 9.92. The summed E-state index contributed by atoms with van der Waals surface area (Å²) in [4.78, 5) is 11.8. The normalized spacial score (nSPS) is 25.4. The molecule has 1 fully saturated rings. The molecule has 3 nitrogen and oxygen atoms in total. The van der Waals surface area contributed by atoms with Crippen molar-refractivity contribution in [2.24, 2.45) is 0 Å². The van der Waals surface area contributed by atoms with Crippen molar-refractivity contribution in [2.75, 3.05) is 0 Å². The number of halogens is 1. The molecule has 0 bridgehead atoms. The zero-order chi connectivity index (χ0) is 11.5. The van der Waals surface area contributed by atoms with E-state index in [-0.39, 0.29) is 18.1 Å². The van der Waals surface area contributed by atoms with Crippen LogP contribution in [0.2, 0.25) is 0 Å². The van der Waals surface area contributed by atoms with E-state index in [1.165, 1.54) is 11.3 Å². The van der Waals surface area contributed by atoms with E-state index >= 15 is 0 Å². The molecule has 2 rings (SSSR count). The van der Waals surface area contributed by atoms with Crippen LogP contribution in [-0.4, -0.2) is 23.2 Å². The third kappa shape index (κ3) is 2.84. The molecule has 1 aliphatic carbocycles. The maximum absolute atomic E-state index is 11.8. The molecule has 0 saturated heterocycles. The molecular weight excluding hydrogens is 290 g/mol. The maximum Gasteiger partial charge on any atom is 0.252 e. The third-order valence-corrected chi connectivity index (χ3v) is 4.38. The molecule has 0 unspecified atom stereocenters. The molecule has 1 amide bonds. The van der Waals surface area contributed by atoms with Crippen molar-refractivity contribution in [3.63, 3.8) is 0 Å². The van der Waals surface area contributed by atoms with E-state index in [1.54, 1.807) is 6.07 Å². The van der Waals surface area contributed by atoms with Crippen LogP contribution in [0.15, 0.2) is 15.2 Å². The van der Waals surface area contributed by atoms with Crippen molar-refractivity contribution < 1.29 is 9.90 Å². The summed E-state index contributed by atoms with van der Waals surface area (Å²) in [5.41, 5.74) is 0.662. The van der Waals surface area contributed by atoms with Crippen LogP contribution in [0, 0.1) is 0 Å². The fourth-order valence-corrected chi connectivity index (χ4v) is 3.10. The zero-order valence-corrected chi connectivity index (χ0v) is 11.2. The van der Waals surface area contributed by atoms with Crippen LogP contribution in [-0.2, 0) is 0 Å². The van der Waals surface area contributed by atoms with E-state index in [1.807, 2.05) is 5.38 Å². The topological polar surface area (TPSA) is 49.3 Å². The minimum Gasteiger partial charge on any atom is -0.391 e. The first-order valence-electron chi connectivity index (χ1n) is 5.40. The van der Waals surface area contributed by atoms with E-state index in [0.29, 0.717) is 5.56 Å². The fourth-order valence-electron chi connectivity index (χ4n) is 1.96. The molecule has 1 aromatic heterocycles. The average Bonchev–Trinajstić information content (AvgIpc) is 2.68. The second-order valence-corrected chi connectivity index (χ2v) is 6.36. The second-order valence-electron chi connectivity index (χ2n) is 4.07. The predicted molar refractivity (Wildman–Crippen MR) is 67.7 cm³/mol. The summed E-state index contributed by atoms with van der Waals surface area (Å²) in [7, 11) is 0. The number of hydrogen-bond acceptors (Lipinski definition) is 3. The van der Waals surface area contributed by atoms with Crippen LogP contribution < -0.4 is 5.32 Å². The monoisotopic (exact) mass is 303 g/mol. The molecule has 16 heavy (non-hydrogen) atoms. The van der Waals surface area contributed by atoms with Gasteiger partial charge < -0.3 is 10.4 Å². The van der Waals surface area contributed by atoms with Gasteiger partial charge in [0, 0.05) is 5.38 Å². The van der Waals surface area contributed by atoms with Gasteiger partial charge in [0.2, 0.25) is 0 Å². The van der Waals surface area contributed by atoms with E-state index in [0.717, 1.165) is 29.5 Å². The van der Waals surface area contributed by atoms with Crippen molar-refractivity contribution in [3.8, 4) is 0 Å². The van der Waals surface area contributed by atoms with Crippen LogP contribution >= 0.6 is 27.3 Å². The molecule has 0 radical (unpaired) electrons. The van der Waals surface area contributed by atoms with E-state index in [4.69, 9.17) is 0 Å². The largest absolute Gasteiger partial charge is 0.391 e. The SMILES string of the molecule is O=C(N[C@@H]1CCCC[C@H]1O)c1csc(Br)c1. The Morgan fingerprint density at radius 1 is 1.50 bits per heavy atom. The van der Waals surface area contributed by atoms with Gasteiger partial charge in [-0.25, -0.2) is 0 Å². The molecule has 2 atom stereocenters. The van der Waals surface area contributed by atoms with Gasteiger partial charge in [-0.2, -0.15) is 0 Å². The summed E-state index contributed by atoms with van der Waals surface area (Å²) in [6.07, 6.45) is 3.41. The van der Waals surface area contributed by atoms with Crippen molar-refractivity contribution in [1.29, 1.82) is 0 Å². The first kappa shape index (κ1) is 12.1. The Labute approximate surface area is 107 Å². The Morgan fingerprint density at radius 2 is 2.25 bits per heavy atom. The van der Waals surface area contributed by atoms with Gasteiger partial charge in [0.1, 0.15) is 0 Å². The Hall–Kier alpha value is -0.390. The number of nitrogens with one attached hydrogen (secondary N) is 1. The number of rotatable bonds is 2. The van der Waals surface area contributed by atoms with Crippen LogP contribution in [0.3, 0.4) is 0 Å². The highest BCUT2D eigenvalue weighted by Crippen LogP contribution is 2.22. The number of amides is 1. The highest BCUT2D eigenvalue weighted by atomic mass is 79.9. The Kier molecular flexibility index (Phi) is 4.00. The van der Waals surface area contributed by atoms with Gasteiger partial charge in [-0.15, -0.1) is 11.3 Å². The molecule has 5 heteroatoms. The summed E-state index contributed by atoms with van der Waals surface area (Å²) in [6, 6.07) is 1.72. The number of carbonyl (C=O) groups is 1. The molecular formula is C11H14BrNO2S. The number of aliphatic hydroxyl groups is 1. The molecule has 88 valence electrons. The average molecular weight is 304 g/mol. The van der Waals surface area contributed by atoms with Gasteiger partial charge in [0.25, 0.3) is 5.91 Å². The lowest BCUT2D eigenvalue weighted by Crippen LogP contribution is -2.44. The molecule has 1 aromatic rings. The van der Waals surface area contributed by atoms with Crippen molar-refractivity contribution in [3.05, 3.63) is 20.8 Å². The summed E-state index contributed by atoms with van der Waals surface area (Å²) in [5.74, 6) is -0.0899. The maximum atomic E-state index is 11.8. The van der Waals surface area contributed by atoms with Gasteiger partial charge >= 0.3 is 0 Å². The molecule has 1 heterocycles. The molecule has 0 spiro atoms. The lowest BCUT2D eigenvalue weighted by molar-refractivity contribution is 0.0717. The molecule has 1 saturated carbocycles. The number of thiophene rings is 1. The minimum atomic E-state index is -0.389. The molecule has 0 aliphatic heterocycles. The summed E-state index contributed by atoms with van der Waals surface area (Å²) >= 11 is 4.82. The molecule has 1 aliphatic rings. The second kappa shape index (κ2) is 5.29. The third-order valence-electron chi connectivity index (χ3n) is 2.88.